The van der Waals surface area contributed by atoms with E-state index in [1.165, 1.54) is 23.1 Å². The van der Waals surface area contributed by atoms with E-state index in [-0.39, 0.29) is 17.7 Å². The fourth-order valence-electron chi connectivity index (χ4n) is 2.29. The molecule has 6 nitrogen and oxygen atoms in total. The molecule has 1 N–H and O–H groups in total. The quantitative estimate of drug-likeness (QED) is 0.525. The second-order valence-corrected chi connectivity index (χ2v) is 8.90. The van der Waals surface area contributed by atoms with Gasteiger partial charge in [0.15, 0.2) is 10.3 Å². The number of rotatable bonds is 7. The summed E-state index contributed by atoms with van der Waals surface area (Å²) in [6.45, 7) is 4.08. The molecule has 0 aliphatic carbocycles. The van der Waals surface area contributed by atoms with Gasteiger partial charge in [-0.3, -0.25) is 4.79 Å². The molecule has 0 fully saturated rings. The summed E-state index contributed by atoms with van der Waals surface area (Å²) in [5.74, 6) is 0.0977. The lowest BCUT2D eigenvalue weighted by atomic mass is 10.1. The minimum Gasteiger partial charge on any atom is -0.306 e. The van der Waals surface area contributed by atoms with Gasteiger partial charge >= 0.3 is 0 Å². The first kappa shape index (κ1) is 20.1. The molecule has 10 heteroatoms. The number of thiazole rings is 1. The van der Waals surface area contributed by atoms with E-state index in [2.05, 4.69) is 20.5 Å². The number of nitrogens with one attached hydrogen (secondary N) is 1. The van der Waals surface area contributed by atoms with E-state index in [1.54, 1.807) is 24.7 Å². The van der Waals surface area contributed by atoms with Crippen LogP contribution >= 0.6 is 46.3 Å². The number of aromatic nitrogens is 4. The third-order valence-electron chi connectivity index (χ3n) is 3.60. The van der Waals surface area contributed by atoms with Crippen LogP contribution < -0.4 is 5.32 Å². The van der Waals surface area contributed by atoms with Crippen LogP contribution in [0.1, 0.15) is 30.3 Å². The van der Waals surface area contributed by atoms with Crippen molar-refractivity contribution in [3.8, 4) is 0 Å². The van der Waals surface area contributed by atoms with Gasteiger partial charge < -0.3 is 9.88 Å². The summed E-state index contributed by atoms with van der Waals surface area (Å²) in [4.78, 5) is 17.4. The topological polar surface area (TPSA) is 72.7 Å². The highest BCUT2D eigenvalue weighted by Gasteiger charge is 2.13. The molecule has 0 saturated heterocycles. The van der Waals surface area contributed by atoms with E-state index in [9.17, 15) is 4.79 Å². The molecule has 0 atom stereocenters. The van der Waals surface area contributed by atoms with Gasteiger partial charge in [0.1, 0.15) is 6.33 Å². The number of benzene rings is 1. The molecule has 3 aromatic rings. The number of hydrogen-bond donors (Lipinski definition) is 1. The zero-order valence-corrected chi connectivity index (χ0v) is 17.8. The summed E-state index contributed by atoms with van der Waals surface area (Å²) < 4.78 is 1.92. The first-order chi connectivity index (χ1) is 12.9. The van der Waals surface area contributed by atoms with E-state index in [0.717, 1.165) is 15.6 Å². The third kappa shape index (κ3) is 5.44. The summed E-state index contributed by atoms with van der Waals surface area (Å²) in [5.41, 5.74) is 0.925. The zero-order valence-electron chi connectivity index (χ0n) is 14.6. The molecule has 0 spiro atoms. The largest absolute Gasteiger partial charge is 0.306 e. The number of anilines is 1. The van der Waals surface area contributed by atoms with Crippen LogP contribution in [-0.2, 0) is 11.2 Å². The maximum absolute atomic E-state index is 12.2. The molecule has 0 aliphatic heterocycles. The SMILES string of the molecule is CC(C)n1cnnc1SCC(=O)Nc1ncc(Cc2cc(Cl)ccc2Cl)s1. The summed E-state index contributed by atoms with van der Waals surface area (Å²) >= 11 is 15.0. The number of halogens is 2. The maximum Gasteiger partial charge on any atom is 0.236 e. The molecule has 142 valence electrons. The van der Waals surface area contributed by atoms with Crippen molar-refractivity contribution >= 4 is 57.3 Å². The number of carbonyl (C=O) groups excluding carboxylic acids is 1. The fraction of sp³-hybridized carbons (Fsp3) is 0.294. The van der Waals surface area contributed by atoms with Crippen molar-refractivity contribution < 1.29 is 4.79 Å². The van der Waals surface area contributed by atoms with Crippen LogP contribution in [0, 0.1) is 0 Å². The zero-order chi connectivity index (χ0) is 19.4. The molecule has 0 saturated carbocycles. The number of amides is 1. The van der Waals surface area contributed by atoms with Crippen molar-refractivity contribution in [2.75, 3.05) is 11.1 Å². The van der Waals surface area contributed by atoms with Crippen molar-refractivity contribution in [1.29, 1.82) is 0 Å². The van der Waals surface area contributed by atoms with Crippen molar-refractivity contribution in [2.24, 2.45) is 0 Å². The summed E-state index contributed by atoms with van der Waals surface area (Å²) in [6, 6.07) is 5.61. The van der Waals surface area contributed by atoms with Crippen LogP contribution in [0.25, 0.3) is 0 Å². The molecule has 27 heavy (non-hydrogen) atoms. The van der Waals surface area contributed by atoms with Gasteiger partial charge in [0, 0.05) is 33.6 Å². The summed E-state index contributed by atoms with van der Waals surface area (Å²) in [5, 5.41) is 13.3. The maximum atomic E-state index is 12.2. The van der Waals surface area contributed by atoms with Crippen LogP contribution in [0.15, 0.2) is 35.9 Å². The number of thioether (sulfide) groups is 1. The molecule has 3 rings (SSSR count). The van der Waals surface area contributed by atoms with E-state index in [4.69, 9.17) is 23.2 Å². The Morgan fingerprint density at radius 1 is 1.37 bits per heavy atom. The average Bonchev–Trinajstić information content (AvgIpc) is 3.25. The highest BCUT2D eigenvalue weighted by Crippen LogP contribution is 2.27. The summed E-state index contributed by atoms with van der Waals surface area (Å²) in [6.07, 6.45) is 4.01. The third-order valence-corrected chi connectivity index (χ3v) is 6.08. The van der Waals surface area contributed by atoms with Gasteiger partial charge in [-0.25, -0.2) is 4.98 Å². The van der Waals surface area contributed by atoms with Gasteiger partial charge in [0.25, 0.3) is 0 Å². The van der Waals surface area contributed by atoms with Gasteiger partial charge in [-0.2, -0.15) is 0 Å². The van der Waals surface area contributed by atoms with Crippen LogP contribution in [0.4, 0.5) is 5.13 Å². The van der Waals surface area contributed by atoms with Crippen LogP contribution in [0.2, 0.25) is 10.0 Å². The smallest absolute Gasteiger partial charge is 0.236 e. The van der Waals surface area contributed by atoms with Gasteiger partial charge in [-0.15, -0.1) is 21.5 Å². The Labute approximate surface area is 175 Å². The first-order valence-corrected chi connectivity index (χ1v) is 10.7. The second kappa shape index (κ2) is 9.05. The van der Waals surface area contributed by atoms with Gasteiger partial charge in [-0.05, 0) is 37.6 Å². The normalized spacial score (nSPS) is 11.1. The van der Waals surface area contributed by atoms with E-state index in [0.29, 0.717) is 21.6 Å². The minimum atomic E-state index is -0.139. The second-order valence-electron chi connectivity index (χ2n) is 6.00. The van der Waals surface area contributed by atoms with Crippen LogP contribution in [-0.4, -0.2) is 31.4 Å². The number of nitrogens with zero attached hydrogens (tertiary/aromatic N) is 4. The standard InChI is InChI=1S/C17H17Cl2N5OS2/c1-10(2)24-9-21-23-17(24)26-8-15(25)22-16-20-7-13(27-16)6-11-5-12(18)3-4-14(11)19/h3-5,7,9-10H,6,8H2,1-2H3,(H,20,22,25). The predicted octanol–water partition coefficient (Wildman–Crippen LogP) is 4.94. The summed E-state index contributed by atoms with van der Waals surface area (Å²) in [7, 11) is 0. The minimum absolute atomic E-state index is 0.139. The average molecular weight is 442 g/mol. The van der Waals surface area contributed by atoms with Crippen LogP contribution in [0.3, 0.4) is 0 Å². The number of carbonyl (C=O) groups is 1. The Balaban J connectivity index is 1.56. The van der Waals surface area contributed by atoms with E-state index >= 15 is 0 Å². The van der Waals surface area contributed by atoms with Crippen molar-refractivity contribution in [3.05, 3.63) is 51.2 Å². The molecular weight excluding hydrogens is 425 g/mol. The van der Waals surface area contributed by atoms with Crippen molar-refractivity contribution in [2.45, 2.75) is 31.5 Å². The molecule has 1 amide bonds. The van der Waals surface area contributed by atoms with Gasteiger partial charge in [-0.1, -0.05) is 35.0 Å². The Kier molecular flexibility index (Phi) is 6.75. The van der Waals surface area contributed by atoms with Gasteiger partial charge in [0.05, 0.1) is 5.75 Å². The first-order valence-electron chi connectivity index (χ1n) is 8.13. The Bertz CT molecular complexity index is 941. The molecular formula is C17H17Cl2N5OS2. The lowest BCUT2D eigenvalue weighted by Crippen LogP contribution is -2.14. The van der Waals surface area contributed by atoms with E-state index < -0.39 is 0 Å². The highest BCUT2D eigenvalue weighted by atomic mass is 35.5. The Hall–Kier alpha value is -1.61. The van der Waals surface area contributed by atoms with Crippen molar-refractivity contribution in [3.63, 3.8) is 0 Å². The van der Waals surface area contributed by atoms with Crippen molar-refractivity contribution in [1.82, 2.24) is 19.7 Å². The molecule has 2 heterocycles. The molecule has 1 aromatic carbocycles. The fourth-order valence-corrected chi connectivity index (χ4v) is 4.36. The number of hydrogen-bond acceptors (Lipinski definition) is 6. The highest BCUT2D eigenvalue weighted by molar-refractivity contribution is 7.99. The van der Waals surface area contributed by atoms with E-state index in [1.807, 2.05) is 24.5 Å². The molecule has 2 aromatic heterocycles. The lowest BCUT2D eigenvalue weighted by molar-refractivity contribution is -0.113. The lowest BCUT2D eigenvalue weighted by Gasteiger charge is -2.08. The Morgan fingerprint density at radius 3 is 2.96 bits per heavy atom. The van der Waals surface area contributed by atoms with Crippen LogP contribution in [0.5, 0.6) is 0 Å². The molecule has 0 aliphatic rings. The van der Waals surface area contributed by atoms with Gasteiger partial charge in [0.2, 0.25) is 5.91 Å². The monoisotopic (exact) mass is 441 g/mol. The molecule has 0 bridgehead atoms. The Morgan fingerprint density at radius 2 is 2.19 bits per heavy atom. The molecule has 0 radical (unpaired) electrons. The predicted molar refractivity (Wildman–Crippen MR) is 111 cm³/mol. The molecule has 0 unspecified atom stereocenters.